The lowest BCUT2D eigenvalue weighted by Gasteiger charge is -2.05. The van der Waals surface area contributed by atoms with Gasteiger partial charge in [0.2, 0.25) is 5.91 Å². The molecule has 0 unspecified atom stereocenters. The summed E-state index contributed by atoms with van der Waals surface area (Å²) in [7, 11) is 0. The van der Waals surface area contributed by atoms with E-state index in [1.165, 1.54) is 17.7 Å². The molecule has 5 heteroatoms. The fourth-order valence-electron chi connectivity index (χ4n) is 2.71. The number of nitrogens with zero attached hydrogens (tertiary/aromatic N) is 1. The molecule has 1 aromatic heterocycles. The molecular formula is C21H21FN2OS. The van der Waals surface area contributed by atoms with Gasteiger partial charge in [0.1, 0.15) is 10.8 Å². The number of hydrogen-bond donors (Lipinski definition) is 1. The summed E-state index contributed by atoms with van der Waals surface area (Å²) in [5.74, 6) is -0.205. The second-order valence-corrected chi connectivity index (χ2v) is 7.21. The van der Waals surface area contributed by atoms with E-state index in [4.69, 9.17) is 0 Å². The number of carbonyl (C=O) groups excluding carboxylic acids is 1. The second kappa shape index (κ2) is 8.72. The number of halogens is 1. The minimum Gasteiger partial charge on any atom is -0.356 e. The van der Waals surface area contributed by atoms with Crippen LogP contribution in [0.2, 0.25) is 0 Å². The highest BCUT2D eigenvalue weighted by molar-refractivity contribution is 7.15. The van der Waals surface area contributed by atoms with Gasteiger partial charge >= 0.3 is 0 Å². The summed E-state index contributed by atoms with van der Waals surface area (Å²) in [6, 6.07) is 16.5. The maximum atomic E-state index is 13.4. The summed E-state index contributed by atoms with van der Waals surface area (Å²) in [5, 5.41) is 3.78. The number of benzene rings is 2. The first-order valence-corrected chi connectivity index (χ1v) is 9.46. The van der Waals surface area contributed by atoms with Crippen molar-refractivity contribution in [2.45, 2.75) is 26.2 Å². The van der Waals surface area contributed by atoms with Crippen LogP contribution in [0.15, 0.2) is 54.6 Å². The van der Waals surface area contributed by atoms with Crippen LogP contribution in [0.3, 0.4) is 0 Å². The van der Waals surface area contributed by atoms with E-state index in [0.717, 1.165) is 34.0 Å². The largest absolute Gasteiger partial charge is 0.356 e. The van der Waals surface area contributed by atoms with Crippen molar-refractivity contribution in [1.82, 2.24) is 10.3 Å². The Morgan fingerprint density at radius 2 is 1.92 bits per heavy atom. The lowest BCUT2D eigenvalue weighted by atomic mass is 10.1. The van der Waals surface area contributed by atoms with Gasteiger partial charge < -0.3 is 5.32 Å². The van der Waals surface area contributed by atoms with Crippen molar-refractivity contribution in [3.8, 4) is 10.6 Å². The summed E-state index contributed by atoms with van der Waals surface area (Å²) in [6.07, 6.45) is 1.96. The van der Waals surface area contributed by atoms with Crippen LogP contribution in [0.1, 0.15) is 22.6 Å². The summed E-state index contributed by atoms with van der Waals surface area (Å²) >= 11 is 1.55. The summed E-state index contributed by atoms with van der Waals surface area (Å²) in [4.78, 5) is 17.6. The van der Waals surface area contributed by atoms with Crippen LogP contribution in [0.5, 0.6) is 0 Å². The van der Waals surface area contributed by atoms with Crippen molar-refractivity contribution in [3.63, 3.8) is 0 Å². The van der Waals surface area contributed by atoms with E-state index in [2.05, 4.69) is 10.3 Å². The Labute approximate surface area is 156 Å². The molecule has 0 radical (unpaired) electrons. The number of rotatable bonds is 7. The van der Waals surface area contributed by atoms with Crippen LogP contribution in [0.25, 0.3) is 10.6 Å². The summed E-state index contributed by atoms with van der Waals surface area (Å²) < 4.78 is 13.4. The topological polar surface area (TPSA) is 42.0 Å². The van der Waals surface area contributed by atoms with Gasteiger partial charge in [0, 0.05) is 29.8 Å². The quantitative estimate of drug-likeness (QED) is 0.665. The number of amides is 1. The highest BCUT2D eigenvalue weighted by Gasteiger charge is 2.10. The van der Waals surface area contributed by atoms with Gasteiger partial charge in [0.25, 0.3) is 0 Å². The molecule has 0 aliphatic heterocycles. The maximum absolute atomic E-state index is 13.4. The third-order valence-corrected chi connectivity index (χ3v) is 5.39. The molecule has 0 fully saturated rings. The Hall–Kier alpha value is -2.53. The predicted octanol–water partition coefficient (Wildman–Crippen LogP) is 4.55. The third kappa shape index (κ3) is 4.99. The molecule has 0 aliphatic carbocycles. The second-order valence-electron chi connectivity index (χ2n) is 6.12. The van der Waals surface area contributed by atoms with Crippen molar-refractivity contribution in [2.75, 3.05) is 6.54 Å². The lowest BCUT2D eigenvalue weighted by Crippen LogP contribution is -2.25. The van der Waals surface area contributed by atoms with E-state index < -0.39 is 0 Å². The monoisotopic (exact) mass is 368 g/mol. The van der Waals surface area contributed by atoms with E-state index in [1.54, 1.807) is 17.4 Å². The van der Waals surface area contributed by atoms with Crippen molar-refractivity contribution >= 4 is 17.2 Å². The van der Waals surface area contributed by atoms with Crippen LogP contribution in [-0.4, -0.2) is 17.4 Å². The molecule has 1 N–H and O–H groups in total. The molecule has 1 heterocycles. The Bertz CT molecular complexity index is 877. The van der Waals surface area contributed by atoms with Crippen LogP contribution < -0.4 is 5.32 Å². The molecule has 0 atom stereocenters. The Morgan fingerprint density at radius 3 is 2.69 bits per heavy atom. The normalized spacial score (nSPS) is 10.7. The highest BCUT2D eigenvalue weighted by atomic mass is 32.1. The molecule has 1 amide bonds. The third-order valence-electron chi connectivity index (χ3n) is 4.12. The first-order chi connectivity index (χ1) is 12.6. The van der Waals surface area contributed by atoms with Crippen LogP contribution in [0, 0.1) is 12.7 Å². The van der Waals surface area contributed by atoms with Crippen molar-refractivity contribution in [2.24, 2.45) is 0 Å². The van der Waals surface area contributed by atoms with E-state index in [0.29, 0.717) is 13.0 Å². The highest BCUT2D eigenvalue weighted by Crippen LogP contribution is 2.28. The smallest absolute Gasteiger partial charge is 0.220 e. The SMILES string of the molecule is Cc1nc(-c2cccc(F)c2)sc1CCNC(=O)CCc1ccccc1. The van der Waals surface area contributed by atoms with Crippen molar-refractivity contribution < 1.29 is 9.18 Å². The minimum absolute atomic E-state index is 0.0568. The number of aromatic nitrogens is 1. The number of hydrogen-bond acceptors (Lipinski definition) is 3. The Balaban J connectivity index is 1.50. The first-order valence-electron chi connectivity index (χ1n) is 8.64. The van der Waals surface area contributed by atoms with Crippen molar-refractivity contribution in [1.29, 1.82) is 0 Å². The molecule has 0 saturated heterocycles. The minimum atomic E-state index is -0.261. The standard InChI is InChI=1S/C21H21FN2OS/c1-15-19(26-21(24-15)17-8-5-9-18(22)14-17)12-13-23-20(25)11-10-16-6-3-2-4-7-16/h2-9,14H,10-13H2,1H3,(H,23,25). The van der Waals surface area contributed by atoms with Crippen LogP contribution in [-0.2, 0) is 17.6 Å². The summed E-state index contributed by atoms with van der Waals surface area (Å²) in [6.45, 7) is 2.53. The molecule has 3 nitrogen and oxygen atoms in total. The molecule has 0 bridgehead atoms. The maximum Gasteiger partial charge on any atom is 0.220 e. The van der Waals surface area contributed by atoms with Gasteiger partial charge in [0.05, 0.1) is 5.69 Å². The van der Waals surface area contributed by atoms with Gasteiger partial charge in [-0.3, -0.25) is 4.79 Å². The fraction of sp³-hybridized carbons (Fsp3) is 0.238. The molecule has 26 heavy (non-hydrogen) atoms. The molecule has 0 spiro atoms. The molecule has 0 saturated carbocycles. The van der Waals surface area contributed by atoms with Gasteiger partial charge in [-0.25, -0.2) is 9.37 Å². The zero-order valence-electron chi connectivity index (χ0n) is 14.7. The predicted molar refractivity (Wildman–Crippen MR) is 104 cm³/mol. The number of nitrogens with one attached hydrogen (secondary N) is 1. The van der Waals surface area contributed by atoms with Crippen LogP contribution in [0.4, 0.5) is 4.39 Å². The Morgan fingerprint density at radius 1 is 1.12 bits per heavy atom. The lowest BCUT2D eigenvalue weighted by molar-refractivity contribution is -0.121. The van der Waals surface area contributed by atoms with E-state index in [1.807, 2.05) is 43.3 Å². The van der Waals surface area contributed by atoms with Gasteiger partial charge in [0.15, 0.2) is 0 Å². The zero-order valence-corrected chi connectivity index (χ0v) is 15.5. The molecule has 134 valence electrons. The fourth-order valence-corrected chi connectivity index (χ4v) is 3.77. The van der Waals surface area contributed by atoms with Crippen molar-refractivity contribution in [3.05, 3.63) is 76.5 Å². The number of aryl methyl sites for hydroxylation is 2. The first kappa shape index (κ1) is 18.3. The van der Waals surface area contributed by atoms with E-state index >= 15 is 0 Å². The van der Waals surface area contributed by atoms with Gasteiger partial charge in [-0.2, -0.15) is 0 Å². The molecule has 0 aliphatic rings. The average Bonchev–Trinajstić information content (AvgIpc) is 3.02. The molecule has 2 aromatic carbocycles. The van der Waals surface area contributed by atoms with Gasteiger partial charge in [-0.05, 0) is 31.0 Å². The average molecular weight is 368 g/mol. The summed E-state index contributed by atoms with van der Waals surface area (Å²) in [5.41, 5.74) is 2.89. The number of thiazole rings is 1. The van der Waals surface area contributed by atoms with Crippen LogP contribution >= 0.6 is 11.3 Å². The number of carbonyl (C=O) groups is 1. The molecular weight excluding hydrogens is 347 g/mol. The molecule has 3 aromatic rings. The van der Waals surface area contributed by atoms with Gasteiger partial charge in [-0.1, -0.05) is 42.5 Å². The van der Waals surface area contributed by atoms with E-state index in [-0.39, 0.29) is 11.7 Å². The van der Waals surface area contributed by atoms with Gasteiger partial charge in [-0.15, -0.1) is 11.3 Å². The Kier molecular flexibility index (Phi) is 6.12. The van der Waals surface area contributed by atoms with E-state index in [9.17, 15) is 9.18 Å². The zero-order chi connectivity index (χ0) is 18.4. The molecule has 3 rings (SSSR count).